The van der Waals surface area contributed by atoms with Gasteiger partial charge in [0, 0.05) is 5.56 Å². The molecule has 0 bridgehead atoms. The minimum Gasteiger partial charge on any atom is -0.507 e. The highest BCUT2D eigenvalue weighted by molar-refractivity contribution is 5.98. The van der Waals surface area contributed by atoms with E-state index in [1.165, 1.54) is 0 Å². The minimum absolute atomic E-state index is 0.168. The zero-order chi connectivity index (χ0) is 13.4. The van der Waals surface area contributed by atoms with Crippen LogP contribution in [-0.2, 0) is 6.18 Å². The number of aromatic hydroxyl groups is 1. The van der Waals surface area contributed by atoms with Gasteiger partial charge in [-0.2, -0.15) is 13.2 Å². The fourth-order valence-corrected chi connectivity index (χ4v) is 1.37. The third kappa shape index (κ3) is 2.72. The van der Waals surface area contributed by atoms with E-state index in [4.69, 9.17) is 0 Å². The molecule has 1 aromatic rings. The Morgan fingerprint density at radius 2 is 1.82 bits per heavy atom. The molecule has 0 saturated carbocycles. The molecule has 0 fully saturated rings. The van der Waals surface area contributed by atoms with E-state index in [2.05, 4.69) is 0 Å². The van der Waals surface area contributed by atoms with Gasteiger partial charge in [-0.3, -0.25) is 4.79 Å². The van der Waals surface area contributed by atoms with E-state index < -0.39 is 40.8 Å². The number of carbonyl (C=O) groups is 1. The standard InChI is InChI=1S/C10H7F5O2/c1-4(16)8-6(10(13,14)15)2-5(9(11)12)3-7(8)17/h2-3,9,17H,1H3. The van der Waals surface area contributed by atoms with Gasteiger partial charge in [0.1, 0.15) is 5.75 Å². The van der Waals surface area contributed by atoms with E-state index in [0.717, 1.165) is 6.92 Å². The van der Waals surface area contributed by atoms with Crippen molar-refractivity contribution in [3.05, 3.63) is 28.8 Å². The first-order valence-corrected chi connectivity index (χ1v) is 4.37. The molecule has 0 aliphatic rings. The van der Waals surface area contributed by atoms with E-state index in [1.807, 2.05) is 0 Å². The number of rotatable bonds is 2. The van der Waals surface area contributed by atoms with Crippen molar-refractivity contribution in [2.75, 3.05) is 0 Å². The maximum Gasteiger partial charge on any atom is 0.417 e. The number of carbonyl (C=O) groups excluding carboxylic acids is 1. The van der Waals surface area contributed by atoms with E-state index in [1.54, 1.807) is 0 Å². The van der Waals surface area contributed by atoms with Crippen LogP contribution in [0.5, 0.6) is 5.75 Å². The van der Waals surface area contributed by atoms with Crippen molar-refractivity contribution < 1.29 is 31.9 Å². The monoisotopic (exact) mass is 254 g/mol. The lowest BCUT2D eigenvalue weighted by Crippen LogP contribution is -2.13. The van der Waals surface area contributed by atoms with Crippen molar-refractivity contribution in [2.24, 2.45) is 0 Å². The number of phenolic OH excluding ortho intramolecular Hbond substituents is 1. The number of phenols is 1. The van der Waals surface area contributed by atoms with Crippen LogP contribution in [0, 0.1) is 0 Å². The molecule has 0 aliphatic heterocycles. The first kappa shape index (κ1) is 13.4. The summed E-state index contributed by atoms with van der Waals surface area (Å²) in [5, 5.41) is 9.20. The smallest absolute Gasteiger partial charge is 0.417 e. The van der Waals surface area contributed by atoms with Crippen molar-refractivity contribution in [1.29, 1.82) is 0 Å². The Hall–Kier alpha value is -1.66. The molecule has 0 saturated heterocycles. The van der Waals surface area contributed by atoms with Crippen molar-refractivity contribution in [3.8, 4) is 5.75 Å². The second-order valence-electron chi connectivity index (χ2n) is 3.32. The van der Waals surface area contributed by atoms with E-state index >= 15 is 0 Å². The maximum atomic E-state index is 12.5. The molecule has 0 amide bonds. The molecule has 0 atom stereocenters. The molecule has 17 heavy (non-hydrogen) atoms. The molecular formula is C10H7F5O2. The van der Waals surface area contributed by atoms with E-state index in [-0.39, 0.29) is 6.07 Å². The summed E-state index contributed by atoms with van der Waals surface area (Å²) < 4.78 is 62.1. The molecule has 7 heteroatoms. The number of hydrogen-bond acceptors (Lipinski definition) is 2. The molecule has 2 nitrogen and oxygen atoms in total. The van der Waals surface area contributed by atoms with Crippen LogP contribution in [0.4, 0.5) is 22.0 Å². The van der Waals surface area contributed by atoms with Gasteiger partial charge in [0.2, 0.25) is 0 Å². The van der Waals surface area contributed by atoms with Crippen LogP contribution in [-0.4, -0.2) is 10.9 Å². The molecule has 0 aromatic heterocycles. The number of alkyl halides is 5. The Bertz CT molecular complexity index is 451. The molecule has 0 aliphatic carbocycles. The van der Waals surface area contributed by atoms with E-state index in [9.17, 15) is 31.9 Å². The van der Waals surface area contributed by atoms with Crippen LogP contribution >= 0.6 is 0 Å². The second-order valence-corrected chi connectivity index (χ2v) is 3.32. The van der Waals surface area contributed by atoms with Crippen molar-refractivity contribution in [1.82, 2.24) is 0 Å². The molecule has 94 valence electrons. The third-order valence-electron chi connectivity index (χ3n) is 2.05. The summed E-state index contributed by atoms with van der Waals surface area (Å²) >= 11 is 0. The highest BCUT2D eigenvalue weighted by Crippen LogP contribution is 2.38. The molecule has 0 spiro atoms. The lowest BCUT2D eigenvalue weighted by molar-refractivity contribution is -0.138. The SMILES string of the molecule is CC(=O)c1c(O)cc(C(F)F)cc1C(F)(F)F. The largest absolute Gasteiger partial charge is 0.507 e. The highest BCUT2D eigenvalue weighted by Gasteiger charge is 2.37. The molecular weight excluding hydrogens is 247 g/mol. The Balaban J connectivity index is 3.57. The summed E-state index contributed by atoms with van der Waals surface area (Å²) in [4.78, 5) is 11.0. The molecule has 0 unspecified atom stereocenters. The number of halogens is 5. The van der Waals surface area contributed by atoms with Gasteiger partial charge in [-0.1, -0.05) is 0 Å². The van der Waals surface area contributed by atoms with Crippen LogP contribution < -0.4 is 0 Å². The van der Waals surface area contributed by atoms with Gasteiger partial charge >= 0.3 is 6.18 Å². The minimum atomic E-state index is -4.98. The van der Waals surface area contributed by atoms with Crippen molar-refractivity contribution in [2.45, 2.75) is 19.5 Å². The average Bonchev–Trinajstić information content (AvgIpc) is 2.14. The summed E-state index contributed by atoms with van der Waals surface area (Å²) in [6.45, 7) is 0.812. The predicted molar refractivity (Wildman–Crippen MR) is 48.1 cm³/mol. The number of benzene rings is 1. The van der Waals surface area contributed by atoms with Gasteiger partial charge in [0.05, 0.1) is 11.1 Å². The molecule has 1 aromatic carbocycles. The highest BCUT2D eigenvalue weighted by atomic mass is 19.4. The number of ketones is 1. The van der Waals surface area contributed by atoms with Crippen LogP contribution in [0.1, 0.15) is 34.8 Å². The Kier molecular flexibility index (Phi) is 3.40. The summed E-state index contributed by atoms with van der Waals surface area (Å²) in [5.74, 6) is -2.14. The number of Topliss-reactive ketones (excluding diaryl/α,β-unsaturated/α-hetero) is 1. The fraction of sp³-hybridized carbons (Fsp3) is 0.300. The first-order chi connectivity index (χ1) is 7.64. The Morgan fingerprint density at radius 3 is 2.18 bits per heavy atom. The zero-order valence-corrected chi connectivity index (χ0v) is 8.48. The normalized spacial score (nSPS) is 11.9. The Morgan fingerprint density at radius 1 is 1.29 bits per heavy atom. The fourth-order valence-electron chi connectivity index (χ4n) is 1.37. The topological polar surface area (TPSA) is 37.3 Å². The lowest BCUT2D eigenvalue weighted by Gasteiger charge is -2.14. The van der Waals surface area contributed by atoms with Gasteiger partial charge in [-0.05, 0) is 19.1 Å². The average molecular weight is 254 g/mol. The van der Waals surface area contributed by atoms with E-state index in [0.29, 0.717) is 6.07 Å². The molecule has 1 N–H and O–H groups in total. The maximum absolute atomic E-state index is 12.5. The summed E-state index contributed by atoms with van der Waals surface area (Å²) in [7, 11) is 0. The quantitative estimate of drug-likeness (QED) is 0.647. The number of hydrogen-bond donors (Lipinski definition) is 1. The van der Waals surface area contributed by atoms with Gasteiger partial charge < -0.3 is 5.11 Å². The van der Waals surface area contributed by atoms with Crippen LogP contribution in [0.2, 0.25) is 0 Å². The van der Waals surface area contributed by atoms with Gasteiger partial charge in [-0.25, -0.2) is 8.78 Å². The van der Waals surface area contributed by atoms with Crippen LogP contribution in [0.25, 0.3) is 0 Å². The third-order valence-corrected chi connectivity index (χ3v) is 2.05. The predicted octanol–water partition coefficient (Wildman–Crippen LogP) is 3.55. The van der Waals surface area contributed by atoms with Crippen molar-refractivity contribution in [3.63, 3.8) is 0 Å². The van der Waals surface area contributed by atoms with Gasteiger partial charge in [0.15, 0.2) is 5.78 Å². The molecule has 0 heterocycles. The second kappa shape index (κ2) is 4.31. The van der Waals surface area contributed by atoms with Gasteiger partial charge in [0.25, 0.3) is 6.43 Å². The summed E-state index contributed by atoms with van der Waals surface area (Å²) in [6, 6.07) is 0.623. The van der Waals surface area contributed by atoms with Crippen molar-refractivity contribution >= 4 is 5.78 Å². The van der Waals surface area contributed by atoms with Gasteiger partial charge in [-0.15, -0.1) is 0 Å². The zero-order valence-electron chi connectivity index (χ0n) is 8.48. The summed E-state index contributed by atoms with van der Waals surface area (Å²) in [6.07, 6.45) is -8.15. The molecule has 1 rings (SSSR count). The first-order valence-electron chi connectivity index (χ1n) is 4.37. The van der Waals surface area contributed by atoms with Crippen LogP contribution in [0.3, 0.4) is 0 Å². The molecule has 0 radical (unpaired) electrons. The summed E-state index contributed by atoms with van der Waals surface area (Å²) in [5.41, 5.74) is -3.54. The lowest BCUT2D eigenvalue weighted by atomic mass is 9.99. The van der Waals surface area contributed by atoms with Crippen LogP contribution in [0.15, 0.2) is 12.1 Å². The Labute approximate surface area is 92.7 Å².